The fourth-order valence-electron chi connectivity index (χ4n) is 2.06. The first-order chi connectivity index (χ1) is 7.98. The van der Waals surface area contributed by atoms with Gasteiger partial charge in [0.1, 0.15) is 6.54 Å². The molecule has 0 aromatic rings. The van der Waals surface area contributed by atoms with Crippen LogP contribution in [-0.2, 0) is 14.8 Å². The Morgan fingerprint density at radius 1 is 1.35 bits per heavy atom. The topological polar surface area (TPSA) is 74.7 Å². The average molecular weight is 259 g/mol. The second-order valence-corrected chi connectivity index (χ2v) is 6.38. The zero-order valence-electron chi connectivity index (χ0n) is 9.63. The molecule has 0 unspecified atom stereocenters. The molecule has 1 saturated carbocycles. The van der Waals surface area contributed by atoms with Gasteiger partial charge in [-0.3, -0.25) is 4.79 Å². The first-order valence-corrected chi connectivity index (χ1v) is 7.13. The predicted molar refractivity (Wildman–Crippen MR) is 63.8 cm³/mol. The molecule has 0 amide bonds. The fourth-order valence-corrected chi connectivity index (χ4v) is 3.96. The quantitative estimate of drug-likeness (QED) is 0.736. The van der Waals surface area contributed by atoms with E-state index < -0.39 is 27.8 Å². The van der Waals surface area contributed by atoms with Crippen LogP contribution >= 0.6 is 0 Å². The van der Waals surface area contributed by atoms with Crippen molar-refractivity contribution in [3.8, 4) is 12.3 Å². The van der Waals surface area contributed by atoms with Gasteiger partial charge in [-0.1, -0.05) is 25.2 Å². The van der Waals surface area contributed by atoms with Crippen molar-refractivity contribution in [2.45, 2.75) is 37.4 Å². The molecule has 0 bridgehead atoms. The number of carbonyl (C=O) groups is 1. The predicted octanol–water partition coefficient (Wildman–Crippen LogP) is 0.669. The SMILES string of the molecule is C#CCN(CC(=O)O)S(=O)(=O)C1CCCCC1. The number of rotatable bonds is 5. The Hall–Kier alpha value is -1.06. The summed E-state index contributed by atoms with van der Waals surface area (Å²) in [5.74, 6) is 1.02. The van der Waals surface area contributed by atoms with Crippen LogP contribution in [0.5, 0.6) is 0 Å². The van der Waals surface area contributed by atoms with E-state index in [2.05, 4.69) is 5.92 Å². The van der Waals surface area contributed by atoms with Crippen molar-refractivity contribution >= 4 is 16.0 Å². The molecule has 0 aliphatic heterocycles. The van der Waals surface area contributed by atoms with E-state index in [1.807, 2.05) is 0 Å². The molecular weight excluding hydrogens is 242 g/mol. The number of sulfonamides is 1. The number of hydrogen-bond donors (Lipinski definition) is 1. The van der Waals surface area contributed by atoms with E-state index in [1.165, 1.54) is 0 Å². The van der Waals surface area contributed by atoms with Crippen molar-refractivity contribution in [3.63, 3.8) is 0 Å². The van der Waals surface area contributed by atoms with E-state index >= 15 is 0 Å². The minimum absolute atomic E-state index is 0.175. The number of aliphatic carboxylic acids is 1. The van der Waals surface area contributed by atoms with Crippen LogP contribution in [0.3, 0.4) is 0 Å². The smallest absolute Gasteiger partial charge is 0.318 e. The van der Waals surface area contributed by atoms with E-state index in [4.69, 9.17) is 11.5 Å². The highest BCUT2D eigenvalue weighted by atomic mass is 32.2. The van der Waals surface area contributed by atoms with Crippen molar-refractivity contribution in [1.29, 1.82) is 0 Å². The maximum atomic E-state index is 12.2. The normalized spacial score (nSPS) is 17.9. The summed E-state index contributed by atoms with van der Waals surface area (Å²) in [5.41, 5.74) is 0. The van der Waals surface area contributed by atoms with Crippen LogP contribution in [0.15, 0.2) is 0 Å². The Labute approximate surface area is 102 Å². The van der Waals surface area contributed by atoms with Gasteiger partial charge in [0.2, 0.25) is 10.0 Å². The zero-order chi connectivity index (χ0) is 12.9. The second-order valence-electron chi connectivity index (χ2n) is 4.17. The van der Waals surface area contributed by atoms with E-state index in [-0.39, 0.29) is 6.54 Å². The molecule has 0 spiro atoms. The van der Waals surface area contributed by atoms with Gasteiger partial charge in [-0.15, -0.1) is 6.42 Å². The van der Waals surface area contributed by atoms with Gasteiger partial charge in [0.05, 0.1) is 11.8 Å². The fraction of sp³-hybridized carbons (Fsp3) is 0.727. The summed E-state index contributed by atoms with van der Waals surface area (Å²) in [6, 6.07) is 0. The Kier molecular flexibility index (Phi) is 4.97. The van der Waals surface area contributed by atoms with Gasteiger partial charge in [-0.25, -0.2) is 8.42 Å². The molecule has 0 atom stereocenters. The van der Waals surface area contributed by atoms with Crippen LogP contribution in [0.1, 0.15) is 32.1 Å². The third-order valence-corrected chi connectivity index (χ3v) is 5.20. The summed E-state index contributed by atoms with van der Waals surface area (Å²) in [5, 5.41) is 8.23. The Morgan fingerprint density at radius 2 is 1.94 bits per heavy atom. The van der Waals surface area contributed by atoms with E-state index in [9.17, 15) is 13.2 Å². The van der Waals surface area contributed by atoms with Gasteiger partial charge in [0, 0.05) is 0 Å². The molecule has 1 aliphatic rings. The molecule has 5 nitrogen and oxygen atoms in total. The maximum absolute atomic E-state index is 12.2. The third kappa shape index (κ3) is 3.72. The van der Waals surface area contributed by atoms with Crippen molar-refractivity contribution < 1.29 is 18.3 Å². The molecule has 0 heterocycles. The number of nitrogens with zero attached hydrogens (tertiary/aromatic N) is 1. The summed E-state index contributed by atoms with van der Waals surface area (Å²) < 4.78 is 25.3. The summed E-state index contributed by atoms with van der Waals surface area (Å²) in [6.07, 6.45) is 9.08. The van der Waals surface area contributed by atoms with Gasteiger partial charge in [-0.2, -0.15) is 4.31 Å². The highest BCUT2D eigenvalue weighted by molar-refractivity contribution is 7.89. The minimum atomic E-state index is -3.57. The van der Waals surface area contributed by atoms with Crippen molar-refractivity contribution in [2.24, 2.45) is 0 Å². The first-order valence-electron chi connectivity index (χ1n) is 5.62. The van der Waals surface area contributed by atoms with Crippen molar-refractivity contribution in [3.05, 3.63) is 0 Å². The number of terminal acetylenes is 1. The lowest BCUT2D eigenvalue weighted by Gasteiger charge is -2.27. The van der Waals surface area contributed by atoms with E-state index in [0.717, 1.165) is 23.6 Å². The Morgan fingerprint density at radius 3 is 2.41 bits per heavy atom. The summed E-state index contributed by atoms with van der Waals surface area (Å²) in [6.45, 7) is -0.728. The molecule has 0 saturated heterocycles. The van der Waals surface area contributed by atoms with Gasteiger partial charge >= 0.3 is 5.97 Å². The molecule has 0 aromatic carbocycles. The van der Waals surface area contributed by atoms with Crippen molar-refractivity contribution in [2.75, 3.05) is 13.1 Å². The summed E-state index contributed by atoms with van der Waals surface area (Å²) in [4.78, 5) is 10.6. The molecular formula is C11H17NO4S. The third-order valence-electron chi connectivity index (χ3n) is 2.91. The lowest BCUT2D eigenvalue weighted by Crippen LogP contribution is -2.42. The average Bonchev–Trinajstić information content (AvgIpc) is 2.29. The lowest BCUT2D eigenvalue weighted by atomic mass is 10.0. The Balaban J connectivity index is 2.83. The molecule has 0 radical (unpaired) electrons. The minimum Gasteiger partial charge on any atom is -0.480 e. The highest BCUT2D eigenvalue weighted by Crippen LogP contribution is 2.25. The van der Waals surface area contributed by atoms with Crippen LogP contribution < -0.4 is 0 Å². The molecule has 1 N–H and O–H groups in total. The molecule has 1 fully saturated rings. The van der Waals surface area contributed by atoms with Gasteiger partial charge in [-0.05, 0) is 12.8 Å². The van der Waals surface area contributed by atoms with Crippen LogP contribution in [0.25, 0.3) is 0 Å². The van der Waals surface area contributed by atoms with Crippen LogP contribution in [0.2, 0.25) is 0 Å². The van der Waals surface area contributed by atoms with Crippen LogP contribution in [0.4, 0.5) is 0 Å². The van der Waals surface area contributed by atoms with Crippen molar-refractivity contribution in [1.82, 2.24) is 4.31 Å². The van der Waals surface area contributed by atoms with Gasteiger partial charge < -0.3 is 5.11 Å². The largest absolute Gasteiger partial charge is 0.480 e. The van der Waals surface area contributed by atoms with Crippen LogP contribution in [-0.4, -0.2) is 42.1 Å². The highest BCUT2D eigenvalue weighted by Gasteiger charge is 2.33. The summed E-state index contributed by atoms with van der Waals surface area (Å²) >= 11 is 0. The molecule has 1 rings (SSSR count). The lowest BCUT2D eigenvalue weighted by molar-refractivity contribution is -0.137. The number of carboxylic acid groups (broad SMARTS) is 1. The molecule has 17 heavy (non-hydrogen) atoms. The Bertz CT molecular complexity index is 404. The first kappa shape index (κ1) is 14.0. The number of hydrogen-bond acceptors (Lipinski definition) is 3. The van der Waals surface area contributed by atoms with E-state index in [0.29, 0.717) is 12.8 Å². The maximum Gasteiger partial charge on any atom is 0.318 e. The summed E-state index contributed by atoms with van der Waals surface area (Å²) in [7, 11) is -3.57. The molecule has 6 heteroatoms. The zero-order valence-corrected chi connectivity index (χ0v) is 10.4. The monoisotopic (exact) mass is 259 g/mol. The molecule has 1 aliphatic carbocycles. The number of carboxylic acids is 1. The second kappa shape index (κ2) is 6.03. The standard InChI is InChI=1S/C11H17NO4S/c1-2-8-12(9-11(13)14)17(15,16)10-6-4-3-5-7-10/h1,10H,3-9H2,(H,13,14). The van der Waals surface area contributed by atoms with E-state index in [1.54, 1.807) is 0 Å². The molecule has 96 valence electrons. The molecule has 0 aromatic heterocycles. The van der Waals surface area contributed by atoms with Crippen LogP contribution in [0, 0.1) is 12.3 Å². The van der Waals surface area contributed by atoms with Gasteiger partial charge in [0.15, 0.2) is 0 Å². The van der Waals surface area contributed by atoms with Gasteiger partial charge in [0.25, 0.3) is 0 Å².